The third kappa shape index (κ3) is 2.98. The average molecular weight is 325 g/mol. The van der Waals surface area contributed by atoms with E-state index in [9.17, 15) is 4.39 Å². The van der Waals surface area contributed by atoms with Gasteiger partial charge < -0.3 is 15.0 Å². The van der Waals surface area contributed by atoms with Crippen molar-refractivity contribution in [2.75, 3.05) is 36.5 Å². The number of morpholine rings is 1. The van der Waals surface area contributed by atoms with Crippen molar-refractivity contribution < 1.29 is 9.13 Å². The molecule has 0 spiro atoms. The maximum atomic E-state index is 14.4. The smallest absolute Gasteiger partial charge is 0.180 e. The predicted octanol–water partition coefficient (Wildman–Crippen LogP) is 2.74. The van der Waals surface area contributed by atoms with Gasteiger partial charge in [0.25, 0.3) is 0 Å². The highest BCUT2D eigenvalue weighted by Gasteiger charge is 2.15. The SMILES string of the molecule is Fc1cc(Nc2ccc3nccnc3n2)ccc1N1CCOCC1. The lowest BCUT2D eigenvalue weighted by Gasteiger charge is -2.29. The third-order valence-electron chi connectivity index (χ3n) is 3.90. The van der Waals surface area contributed by atoms with Crippen LogP contribution in [0.25, 0.3) is 11.2 Å². The Bertz CT molecular complexity index is 866. The van der Waals surface area contributed by atoms with Crippen molar-refractivity contribution in [2.24, 2.45) is 0 Å². The molecular weight excluding hydrogens is 309 g/mol. The first-order chi connectivity index (χ1) is 11.8. The summed E-state index contributed by atoms with van der Waals surface area (Å²) in [5.41, 5.74) is 2.51. The molecule has 1 fully saturated rings. The van der Waals surface area contributed by atoms with Gasteiger partial charge in [-0.1, -0.05) is 0 Å². The number of rotatable bonds is 3. The molecule has 0 unspecified atom stereocenters. The van der Waals surface area contributed by atoms with Gasteiger partial charge >= 0.3 is 0 Å². The maximum absolute atomic E-state index is 14.4. The third-order valence-corrected chi connectivity index (χ3v) is 3.90. The highest BCUT2D eigenvalue weighted by molar-refractivity contribution is 5.73. The molecule has 0 amide bonds. The molecule has 0 atom stereocenters. The lowest BCUT2D eigenvalue weighted by Crippen LogP contribution is -2.36. The Balaban J connectivity index is 1.56. The minimum Gasteiger partial charge on any atom is -0.378 e. The van der Waals surface area contributed by atoms with Gasteiger partial charge in [0.15, 0.2) is 5.65 Å². The fourth-order valence-corrected chi connectivity index (χ4v) is 2.72. The Morgan fingerprint density at radius 1 is 1.04 bits per heavy atom. The van der Waals surface area contributed by atoms with Gasteiger partial charge in [-0.3, -0.25) is 4.98 Å². The molecule has 3 heterocycles. The monoisotopic (exact) mass is 325 g/mol. The summed E-state index contributed by atoms with van der Waals surface area (Å²) >= 11 is 0. The standard InChI is InChI=1S/C17H16FN5O/c18-13-11-12(1-3-15(13)23-7-9-24-10-8-23)21-16-4-2-14-17(22-16)20-6-5-19-14/h1-6,11H,7-10H2,(H,20,21,22). The molecule has 0 saturated carbocycles. The highest BCUT2D eigenvalue weighted by Crippen LogP contribution is 2.25. The number of nitrogens with zero attached hydrogens (tertiary/aromatic N) is 4. The average Bonchev–Trinajstić information content (AvgIpc) is 2.62. The van der Waals surface area contributed by atoms with Crippen molar-refractivity contribution in [3.05, 3.63) is 48.5 Å². The molecule has 1 aromatic carbocycles. The van der Waals surface area contributed by atoms with E-state index in [-0.39, 0.29) is 5.82 Å². The van der Waals surface area contributed by atoms with Crippen LogP contribution in [0.15, 0.2) is 42.7 Å². The number of fused-ring (bicyclic) bond motifs is 1. The molecule has 1 aliphatic rings. The van der Waals surface area contributed by atoms with E-state index in [4.69, 9.17) is 4.74 Å². The van der Waals surface area contributed by atoms with Crippen molar-refractivity contribution in [3.8, 4) is 0 Å². The van der Waals surface area contributed by atoms with Crippen molar-refractivity contribution >= 4 is 28.4 Å². The lowest BCUT2D eigenvalue weighted by molar-refractivity contribution is 0.122. The summed E-state index contributed by atoms with van der Waals surface area (Å²) in [5, 5.41) is 3.10. The number of hydrogen-bond donors (Lipinski definition) is 1. The van der Waals surface area contributed by atoms with Crippen LogP contribution in [0.4, 0.5) is 21.6 Å². The number of hydrogen-bond acceptors (Lipinski definition) is 6. The first-order valence-corrected chi connectivity index (χ1v) is 7.77. The molecule has 1 saturated heterocycles. The molecule has 6 nitrogen and oxygen atoms in total. The topological polar surface area (TPSA) is 63.2 Å². The molecular formula is C17H16FN5O. The van der Waals surface area contributed by atoms with E-state index in [1.165, 1.54) is 6.07 Å². The minimum atomic E-state index is -0.262. The first kappa shape index (κ1) is 14.8. The summed E-state index contributed by atoms with van der Waals surface area (Å²) in [4.78, 5) is 14.7. The molecule has 0 aliphatic carbocycles. The van der Waals surface area contributed by atoms with Gasteiger partial charge in [0.2, 0.25) is 0 Å². The van der Waals surface area contributed by atoms with Crippen molar-refractivity contribution in [2.45, 2.75) is 0 Å². The van der Waals surface area contributed by atoms with Crippen molar-refractivity contribution in [1.82, 2.24) is 15.0 Å². The van der Waals surface area contributed by atoms with Crippen LogP contribution >= 0.6 is 0 Å². The Hall–Kier alpha value is -2.80. The van der Waals surface area contributed by atoms with Crippen LogP contribution in [-0.2, 0) is 4.74 Å². The molecule has 1 aliphatic heterocycles. The fraction of sp³-hybridized carbons (Fsp3) is 0.235. The van der Waals surface area contributed by atoms with E-state index in [0.29, 0.717) is 49.1 Å². The van der Waals surface area contributed by atoms with Gasteiger partial charge in [-0.05, 0) is 30.3 Å². The van der Waals surface area contributed by atoms with Gasteiger partial charge in [0, 0.05) is 31.2 Å². The molecule has 24 heavy (non-hydrogen) atoms. The number of nitrogens with one attached hydrogen (secondary N) is 1. The van der Waals surface area contributed by atoms with Crippen molar-refractivity contribution in [3.63, 3.8) is 0 Å². The summed E-state index contributed by atoms with van der Waals surface area (Å²) in [6.07, 6.45) is 3.22. The molecule has 4 rings (SSSR count). The first-order valence-electron chi connectivity index (χ1n) is 7.77. The van der Waals surface area contributed by atoms with E-state index in [2.05, 4.69) is 20.3 Å². The minimum absolute atomic E-state index is 0.262. The van der Waals surface area contributed by atoms with Gasteiger partial charge in [-0.15, -0.1) is 0 Å². The van der Waals surface area contributed by atoms with Gasteiger partial charge in [0.05, 0.1) is 18.9 Å². The Kier molecular flexibility index (Phi) is 3.92. The molecule has 2 aromatic heterocycles. The Morgan fingerprint density at radius 2 is 1.88 bits per heavy atom. The van der Waals surface area contributed by atoms with Crippen LogP contribution in [0.5, 0.6) is 0 Å². The molecule has 3 aromatic rings. The number of benzene rings is 1. The quantitative estimate of drug-likeness (QED) is 0.799. The molecule has 1 N–H and O–H groups in total. The molecule has 7 heteroatoms. The summed E-state index contributed by atoms with van der Waals surface area (Å²) in [5.74, 6) is 0.337. The van der Waals surface area contributed by atoms with Crippen LogP contribution in [-0.4, -0.2) is 41.3 Å². The molecule has 0 radical (unpaired) electrons. The predicted molar refractivity (Wildman–Crippen MR) is 90.0 cm³/mol. The maximum Gasteiger partial charge on any atom is 0.180 e. The summed E-state index contributed by atoms with van der Waals surface area (Å²) < 4.78 is 19.7. The lowest BCUT2D eigenvalue weighted by atomic mass is 10.2. The van der Waals surface area contributed by atoms with E-state index in [1.54, 1.807) is 24.5 Å². The van der Waals surface area contributed by atoms with E-state index >= 15 is 0 Å². The van der Waals surface area contributed by atoms with Crippen LogP contribution in [0, 0.1) is 5.82 Å². The Morgan fingerprint density at radius 3 is 2.71 bits per heavy atom. The van der Waals surface area contributed by atoms with Gasteiger partial charge in [-0.2, -0.15) is 0 Å². The zero-order valence-corrected chi connectivity index (χ0v) is 12.9. The summed E-state index contributed by atoms with van der Waals surface area (Å²) in [6, 6.07) is 8.73. The number of halogens is 1. The van der Waals surface area contributed by atoms with Crippen molar-refractivity contribution in [1.29, 1.82) is 0 Å². The second-order valence-corrected chi connectivity index (χ2v) is 5.49. The number of pyridine rings is 1. The van der Waals surface area contributed by atoms with E-state index in [1.807, 2.05) is 17.0 Å². The fourth-order valence-electron chi connectivity index (χ4n) is 2.72. The summed E-state index contributed by atoms with van der Waals surface area (Å²) in [7, 11) is 0. The van der Waals surface area contributed by atoms with Crippen LogP contribution in [0.2, 0.25) is 0 Å². The van der Waals surface area contributed by atoms with Crippen LogP contribution < -0.4 is 10.2 Å². The highest BCUT2D eigenvalue weighted by atomic mass is 19.1. The van der Waals surface area contributed by atoms with E-state index in [0.717, 1.165) is 5.52 Å². The van der Waals surface area contributed by atoms with Gasteiger partial charge in [0.1, 0.15) is 17.2 Å². The number of ether oxygens (including phenoxy) is 1. The molecule has 122 valence electrons. The number of aromatic nitrogens is 3. The Labute approximate surface area is 138 Å². The largest absolute Gasteiger partial charge is 0.378 e. The summed E-state index contributed by atoms with van der Waals surface area (Å²) in [6.45, 7) is 2.66. The molecule has 0 bridgehead atoms. The number of anilines is 3. The second kappa shape index (κ2) is 6.37. The zero-order valence-electron chi connectivity index (χ0n) is 12.9. The van der Waals surface area contributed by atoms with E-state index < -0.39 is 0 Å². The van der Waals surface area contributed by atoms with Gasteiger partial charge in [-0.25, -0.2) is 14.4 Å². The zero-order chi connectivity index (χ0) is 16.4. The van der Waals surface area contributed by atoms with Crippen LogP contribution in [0.3, 0.4) is 0 Å². The second-order valence-electron chi connectivity index (χ2n) is 5.49. The van der Waals surface area contributed by atoms with Crippen LogP contribution in [0.1, 0.15) is 0 Å². The normalized spacial score (nSPS) is 14.8.